The fourth-order valence-electron chi connectivity index (χ4n) is 5.88. The Morgan fingerprint density at radius 1 is 1.13 bits per heavy atom. The van der Waals surface area contributed by atoms with Gasteiger partial charge in [-0.05, 0) is 62.3 Å². The molecule has 1 saturated carbocycles. The van der Waals surface area contributed by atoms with Gasteiger partial charge in [-0.2, -0.15) is 0 Å². The lowest BCUT2D eigenvalue weighted by Gasteiger charge is -2.60. The summed E-state index contributed by atoms with van der Waals surface area (Å²) in [5.41, 5.74) is 0.00164. The van der Waals surface area contributed by atoms with E-state index in [0.29, 0.717) is 23.1 Å². The van der Waals surface area contributed by atoms with Crippen LogP contribution in [0.3, 0.4) is 0 Å². The van der Waals surface area contributed by atoms with Gasteiger partial charge in [0, 0.05) is 29.7 Å². The highest BCUT2D eigenvalue weighted by Crippen LogP contribution is 2.60. The molecule has 1 aromatic carbocycles. The van der Waals surface area contributed by atoms with Gasteiger partial charge in [-0.3, -0.25) is 0 Å². The Bertz CT molecular complexity index is 918. The molecule has 7 heteroatoms. The average Bonchev–Trinajstić information content (AvgIpc) is 2.97. The number of rotatable bonds is 2. The minimum absolute atomic E-state index is 0.0763. The number of ether oxygens (including phenoxy) is 3. The van der Waals surface area contributed by atoms with E-state index in [2.05, 4.69) is 25.7 Å². The van der Waals surface area contributed by atoms with Crippen molar-refractivity contribution in [3.63, 3.8) is 0 Å². The Kier molecular flexibility index (Phi) is 5.02. The van der Waals surface area contributed by atoms with Crippen molar-refractivity contribution in [3.05, 3.63) is 29.8 Å². The van der Waals surface area contributed by atoms with Crippen molar-refractivity contribution in [3.8, 4) is 17.6 Å². The summed E-state index contributed by atoms with van der Waals surface area (Å²) in [6.45, 7) is 6.34. The van der Waals surface area contributed by atoms with E-state index in [1.165, 1.54) is 0 Å². The molecule has 1 aromatic rings. The first kappa shape index (κ1) is 20.8. The summed E-state index contributed by atoms with van der Waals surface area (Å²) in [6.07, 6.45) is 2.87. The smallest absolute Gasteiger partial charge is 0.382 e. The standard InChI is InChI=1S/C24H28O7/c1-14-4-10-19-15(2)21(27-17-8-5-16(6-9-17)7-11-20(25)26)28-22-24(19)18(14)12-13-23(3,29-22)30-31-24/h5-6,8-9,14-15,18-19,21-22H,4,10,12-13H2,1-3H3,(H,25,26)/t14-,15-,18+,19+,21-,22-,23-,24-/m1/s1. The molecule has 5 aliphatic rings. The largest absolute Gasteiger partial charge is 0.472 e. The number of benzene rings is 1. The van der Waals surface area contributed by atoms with Gasteiger partial charge in [0.2, 0.25) is 12.1 Å². The molecule has 6 rings (SSSR count). The first-order chi connectivity index (χ1) is 14.8. The van der Waals surface area contributed by atoms with Crippen molar-refractivity contribution in [1.82, 2.24) is 0 Å². The lowest BCUT2D eigenvalue weighted by atomic mass is 9.58. The Morgan fingerprint density at radius 2 is 1.90 bits per heavy atom. The Labute approximate surface area is 181 Å². The number of carboxylic acid groups (broad SMARTS) is 1. The molecule has 0 unspecified atom stereocenters. The van der Waals surface area contributed by atoms with Crippen LogP contribution in [-0.2, 0) is 24.0 Å². The number of hydrogen-bond donors (Lipinski definition) is 1. The van der Waals surface area contributed by atoms with Crippen LogP contribution in [0.15, 0.2) is 24.3 Å². The zero-order valence-electron chi connectivity index (χ0n) is 18.0. The second-order valence-corrected chi connectivity index (χ2v) is 9.47. The van der Waals surface area contributed by atoms with Crippen LogP contribution >= 0.6 is 0 Å². The highest BCUT2D eigenvalue weighted by molar-refractivity contribution is 5.87. The molecule has 1 spiro atoms. The van der Waals surface area contributed by atoms with Crippen LogP contribution in [0, 0.1) is 35.5 Å². The summed E-state index contributed by atoms with van der Waals surface area (Å²) >= 11 is 0. The molecule has 31 heavy (non-hydrogen) atoms. The van der Waals surface area contributed by atoms with E-state index in [-0.39, 0.29) is 11.8 Å². The second kappa shape index (κ2) is 7.49. The summed E-state index contributed by atoms with van der Waals surface area (Å²) in [5, 5.41) is 8.69. The van der Waals surface area contributed by atoms with Gasteiger partial charge in [-0.25, -0.2) is 14.6 Å². The van der Waals surface area contributed by atoms with Crippen molar-refractivity contribution >= 4 is 5.97 Å². The maximum Gasteiger partial charge on any atom is 0.382 e. The molecule has 1 N–H and O–H groups in total. The molecule has 8 atom stereocenters. The van der Waals surface area contributed by atoms with Gasteiger partial charge in [0.15, 0.2) is 11.9 Å². The quantitative estimate of drug-likeness (QED) is 0.568. The molecular formula is C24H28O7. The summed E-state index contributed by atoms with van der Waals surface area (Å²) in [4.78, 5) is 22.6. The number of aliphatic carboxylic acids is 1. The molecule has 0 aromatic heterocycles. The third-order valence-electron chi connectivity index (χ3n) is 7.52. The van der Waals surface area contributed by atoms with Crippen molar-refractivity contribution in [2.45, 2.75) is 70.4 Å². The fourth-order valence-corrected chi connectivity index (χ4v) is 5.88. The number of fused-ring (bicyclic) bond motifs is 2. The number of carboxylic acids is 1. The van der Waals surface area contributed by atoms with Gasteiger partial charge in [-0.1, -0.05) is 19.8 Å². The molecular weight excluding hydrogens is 400 g/mol. The molecule has 0 amide bonds. The maximum atomic E-state index is 10.6. The van der Waals surface area contributed by atoms with Gasteiger partial charge in [-0.15, -0.1) is 0 Å². The molecule has 1 aliphatic carbocycles. The van der Waals surface area contributed by atoms with Gasteiger partial charge < -0.3 is 19.3 Å². The summed E-state index contributed by atoms with van der Waals surface area (Å²) < 4.78 is 19.0. The molecule has 2 bridgehead atoms. The van der Waals surface area contributed by atoms with E-state index >= 15 is 0 Å². The highest BCUT2D eigenvalue weighted by atomic mass is 17.3. The van der Waals surface area contributed by atoms with E-state index < -0.39 is 29.9 Å². The third-order valence-corrected chi connectivity index (χ3v) is 7.52. The first-order valence-corrected chi connectivity index (χ1v) is 11.0. The fraction of sp³-hybridized carbons (Fsp3) is 0.625. The minimum atomic E-state index is -1.16. The average molecular weight is 428 g/mol. The minimum Gasteiger partial charge on any atom is -0.472 e. The Balaban J connectivity index is 1.40. The van der Waals surface area contributed by atoms with Crippen LogP contribution in [-0.4, -0.2) is 35.0 Å². The van der Waals surface area contributed by atoms with Crippen molar-refractivity contribution in [2.24, 2.45) is 23.7 Å². The Hall–Kier alpha value is -2.11. The topological polar surface area (TPSA) is 83.5 Å². The highest BCUT2D eigenvalue weighted by Gasteiger charge is 2.69. The van der Waals surface area contributed by atoms with E-state index in [9.17, 15) is 4.79 Å². The zero-order chi connectivity index (χ0) is 21.8. The van der Waals surface area contributed by atoms with E-state index in [1.807, 2.05) is 6.92 Å². The zero-order valence-corrected chi connectivity index (χ0v) is 18.0. The van der Waals surface area contributed by atoms with Crippen molar-refractivity contribution < 1.29 is 33.9 Å². The van der Waals surface area contributed by atoms with Gasteiger partial charge >= 0.3 is 5.97 Å². The summed E-state index contributed by atoms with van der Waals surface area (Å²) in [7, 11) is 0. The number of hydrogen-bond acceptors (Lipinski definition) is 6. The molecule has 5 fully saturated rings. The Morgan fingerprint density at radius 3 is 2.65 bits per heavy atom. The van der Waals surface area contributed by atoms with Crippen LogP contribution in [0.25, 0.3) is 0 Å². The summed E-state index contributed by atoms with van der Waals surface area (Å²) in [6, 6.07) is 7.03. The first-order valence-electron chi connectivity index (χ1n) is 11.0. The van der Waals surface area contributed by atoms with Crippen LogP contribution in [0.1, 0.15) is 52.0 Å². The summed E-state index contributed by atoms with van der Waals surface area (Å²) in [5.74, 6) is 4.47. The van der Waals surface area contributed by atoms with Crippen LogP contribution in [0.4, 0.5) is 0 Å². The second-order valence-electron chi connectivity index (χ2n) is 9.47. The molecule has 7 nitrogen and oxygen atoms in total. The lowest BCUT2D eigenvalue weighted by molar-refractivity contribution is -0.575. The van der Waals surface area contributed by atoms with Gasteiger partial charge in [0.25, 0.3) is 0 Å². The van der Waals surface area contributed by atoms with Crippen LogP contribution < -0.4 is 4.74 Å². The number of carbonyl (C=O) groups is 1. The van der Waals surface area contributed by atoms with Crippen LogP contribution in [0.2, 0.25) is 0 Å². The van der Waals surface area contributed by atoms with E-state index in [4.69, 9.17) is 29.1 Å². The molecule has 4 heterocycles. The van der Waals surface area contributed by atoms with Crippen molar-refractivity contribution in [1.29, 1.82) is 0 Å². The molecule has 166 valence electrons. The molecule has 4 aliphatic heterocycles. The van der Waals surface area contributed by atoms with Gasteiger partial charge in [0.05, 0.1) is 0 Å². The normalized spacial score (nSPS) is 43.2. The van der Waals surface area contributed by atoms with E-state index in [0.717, 1.165) is 25.7 Å². The SMILES string of the molecule is C[C@H]1[C@H](Oc2ccc(C#CC(=O)O)cc2)O[C@@H]2O[C@@]3(C)CC[C@H]4[C@H](C)CC[C@@H]1[C@@]24OO3. The lowest BCUT2D eigenvalue weighted by Crippen LogP contribution is -2.70. The predicted molar refractivity (Wildman–Crippen MR) is 108 cm³/mol. The van der Waals surface area contributed by atoms with Crippen molar-refractivity contribution in [2.75, 3.05) is 0 Å². The molecule has 4 saturated heterocycles. The predicted octanol–water partition coefficient (Wildman–Crippen LogP) is 3.71. The molecule has 0 radical (unpaired) electrons. The van der Waals surface area contributed by atoms with E-state index in [1.54, 1.807) is 24.3 Å². The van der Waals surface area contributed by atoms with Crippen LogP contribution in [0.5, 0.6) is 5.75 Å². The third kappa shape index (κ3) is 3.42. The monoisotopic (exact) mass is 428 g/mol. The van der Waals surface area contributed by atoms with Gasteiger partial charge in [0.1, 0.15) is 5.75 Å². The maximum absolute atomic E-state index is 10.6.